The molecule has 0 unspecified atom stereocenters. The molecule has 2 atom stereocenters. The maximum absolute atomic E-state index is 11.0. The normalized spacial score (nSPS) is 21.7. The number of nitrogens with one attached hydrogen (secondary N) is 1. The summed E-state index contributed by atoms with van der Waals surface area (Å²) >= 11 is 0. The molecule has 1 saturated heterocycles. The molecule has 6 rings (SSSR count). The Labute approximate surface area is 192 Å². The number of fused-ring (bicyclic) bond motifs is 1. The van der Waals surface area contributed by atoms with Crippen LogP contribution in [-0.4, -0.2) is 59.1 Å². The van der Waals surface area contributed by atoms with Gasteiger partial charge in [-0.3, -0.25) is 14.7 Å². The van der Waals surface area contributed by atoms with Crippen LogP contribution in [0.3, 0.4) is 0 Å². The molecule has 2 fully saturated rings. The van der Waals surface area contributed by atoms with Crippen molar-refractivity contribution >= 4 is 10.9 Å². The molecule has 170 valence electrons. The van der Waals surface area contributed by atoms with Crippen LogP contribution in [0.15, 0.2) is 36.5 Å². The van der Waals surface area contributed by atoms with Crippen molar-refractivity contribution in [3.05, 3.63) is 59.4 Å². The molecule has 8 heteroatoms. The topological polar surface area (TPSA) is 95.8 Å². The summed E-state index contributed by atoms with van der Waals surface area (Å²) in [6, 6.07) is 10.2. The van der Waals surface area contributed by atoms with Gasteiger partial charge in [-0.25, -0.2) is 9.97 Å². The maximum atomic E-state index is 11.0. The fourth-order valence-electron chi connectivity index (χ4n) is 5.22. The van der Waals surface area contributed by atoms with Crippen LogP contribution >= 0.6 is 0 Å². The van der Waals surface area contributed by atoms with Gasteiger partial charge in [-0.15, -0.1) is 0 Å². The number of aliphatic hydroxyl groups excluding tert-OH is 1. The predicted molar refractivity (Wildman–Crippen MR) is 126 cm³/mol. The van der Waals surface area contributed by atoms with E-state index in [1.807, 2.05) is 43.0 Å². The van der Waals surface area contributed by atoms with Gasteiger partial charge in [0.05, 0.1) is 35.8 Å². The monoisotopic (exact) mass is 443 g/mol. The van der Waals surface area contributed by atoms with Gasteiger partial charge < -0.3 is 5.11 Å². The molecule has 1 aliphatic carbocycles. The second-order valence-corrected chi connectivity index (χ2v) is 9.49. The Hall–Kier alpha value is -3.10. The van der Waals surface area contributed by atoms with Gasteiger partial charge in [0.25, 0.3) is 0 Å². The first-order valence-electron chi connectivity index (χ1n) is 11.8. The van der Waals surface area contributed by atoms with Crippen LogP contribution in [0.4, 0.5) is 0 Å². The van der Waals surface area contributed by atoms with Crippen LogP contribution in [0.5, 0.6) is 0 Å². The number of H-pyrrole nitrogens is 1. The summed E-state index contributed by atoms with van der Waals surface area (Å²) in [6.45, 7) is 4.14. The summed E-state index contributed by atoms with van der Waals surface area (Å²) in [4.78, 5) is 11.7. The molecule has 33 heavy (non-hydrogen) atoms. The fourth-order valence-corrected chi connectivity index (χ4v) is 5.22. The lowest BCUT2D eigenvalue weighted by Gasteiger charge is -2.35. The van der Waals surface area contributed by atoms with Gasteiger partial charge in [0.2, 0.25) is 0 Å². The molecule has 2 aliphatic rings. The van der Waals surface area contributed by atoms with Crippen molar-refractivity contribution in [1.29, 1.82) is 0 Å². The number of para-hydroxylation sites is 1. The number of piperidine rings is 1. The Morgan fingerprint density at radius 1 is 1.15 bits per heavy atom. The van der Waals surface area contributed by atoms with Gasteiger partial charge in [-0.05, 0) is 44.9 Å². The maximum Gasteiger partial charge on any atom is 0.143 e. The molecule has 4 heterocycles. The predicted octanol–water partition coefficient (Wildman–Crippen LogP) is 3.29. The summed E-state index contributed by atoms with van der Waals surface area (Å²) in [7, 11) is 2.00. The second-order valence-electron chi connectivity index (χ2n) is 9.49. The van der Waals surface area contributed by atoms with Crippen molar-refractivity contribution in [2.45, 2.75) is 50.7 Å². The van der Waals surface area contributed by atoms with E-state index in [4.69, 9.17) is 9.97 Å². The van der Waals surface area contributed by atoms with Gasteiger partial charge in [-0.2, -0.15) is 10.2 Å². The number of likely N-dealkylation sites (tertiary alicyclic amines) is 1. The van der Waals surface area contributed by atoms with Gasteiger partial charge in [-0.1, -0.05) is 18.2 Å². The third-order valence-corrected chi connectivity index (χ3v) is 7.09. The number of β-amino-alcohol motifs (C(OH)–C–C–N with tert-alkyl or cyclic N) is 1. The van der Waals surface area contributed by atoms with E-state index in [2.05, 4.69) is 32.3 Å². The zero-order valence-corrected chi connectivity index (χ0v) is 19.1. The Morgan fingerprint density at radius 3 is 2.82 bits per heavy atom. The minimum absolute atomic E-state index is 0.0443. The van der Waals surface area contributed by atoms with Gasteiger partial charge >= 0.3 is 0 Å². The van der Waals surface area contributed by atoms with Crippen LogP contribution in [0.1, 0.15) is 54.0 Å². The molecule has 0 radical (unpaired) electrons. The smallest absolute Gasteiger partial charge is 0.143 e. The lowest BCUT2D eigenvalue weighted by molar-refractivity contribution is 0.0453. The summed E-state index contributed by atoms with van der Waals surface area (Å²) in [5, 5.41) is 24.3. The number of benzene rings is 1. The molecule has 0 spiro atoms. The Kier molecular flexibility index (Phi) is 4.99. The molecule has 3 aromatic heterocycles. The van der Waals surface area contributed by atoms with Crippen molar-refractivity contribution in [3.63, 3.8) is 0 Å². The number of hydrogen-bond donors (Lipinski definition) is 2. The Bertz CT molecular complexity index is 1310. The van der Waals surface area contributed by atoms with Crippen molar-refractivity contribution < 1.29 is 5.11 Å². The minimum atomic E-state index is -0.467. The molecule has 1 aliphatic heterocycles. The number of aromatic nitrogens is 6. The van der Waals surface area contributed by atoms with Crippen molar-refractivity contribution in [2.24, 2.45) is 7.05 Å². The third-order valence-electron chi connectivity index (χ3n) is 7.09. The highest BCUT2D eigenvalue weighted by atomic mass is 16.3. The van der Waals surface area contributed by atoms with E-state index in [9.17, 15) is 5.11 Å². The van der Waals surface area contributed by atoms with E-state index < -0.39 is 6.10 Å². The average molecular weight is 444 g/mol. The number of aromatic amines is 1. The first-order chi connectivity index (χ1) is 16.1. The molecule has 1 saturated carbocycles. The highest BCUT2D eigenvalue weighted by Crippen LogP contribution is 2.44. The number of nitrogens with zero attached hydrogens (tertiary/aromatic N) is 6. The first kappa shape index (κ1) is 20.5. The van der Waals surface area contributed by atoms with Crippen molar-refractivity contribution in [2.75, 3.05) is 13.1 Å². The van der Waals surface area contributed by atoms with Crippen LogP contribution in [0.25, 0.3) is 22.2 Å². The fraction of sp³-hybridized carbons (Fsp3) is 0.440. The van der Waals surface area contributed by atoms with Crippen LogP contribution in [-0.2, 0) is 13.6 Å². The zero-order chi connectivity index (χ0) is 22.5. The van der Waals surface area contributed by atoms with E-state index in [-0.39, 0.29) is 5.92 Å². The number of hydrogen-bond acceptors (Lipinski definition) is 6. The highest BCUT2D eigenvalue weighted by Gasteiger charge is 2.33. The van der Waals surface area contributed by atoms with Crippen molar-refractivity contribution in [1.82, 2.24) is 34.8 Å². The molecular formula is C25H29N7O. The first-order valence-corrected chi connectivity index (χ1v) is 11.8. The van der Waals surface area contributed by atoms with Gasteiger partial charge in [0, 0.05) is 47.8 Å². The van der Waals surface area contributed by atoms with E-state index in [0.29, 0.717) is 19.0 Å². The van der Waals surface area contributed by atoms with Crippen LogP contribution in [0.2, 0.25) is 0 Å². The van der Waals surface area contributed by atoms with Crippen LogP contribution < -0.4 is 0 Å². The summed E-state index contributed by atoms with van der Waals surface area (Å²) in [6.07, 6.45) is 4.75. The second kappa shape index (κ2) is 8.04. The van der Waals surface area contributed by atoms with Gasteiger partial charge in [0.15, 0.2) is 0 Å². The molecule has 2 N–H and O–H groups in total. The molecule has 0 bridgehead atoms. The van der Waals surface area contributed by atoms with E-state index >= 15 is 0 Å². The SMILES string of the molecule is Cc1nc(CN2CC[C@H](c3cc(-c4cnn(C)c4C4CC4)n[nH]3)[C@@H](O)C2)nc2ccccc12. The summed E-state index contributed by atoms with van der Waals surface area (Å²) in [5.74, 6) is 1.45. The van der Waals surface area contributed by atoms with Gasteiger partial charge in [0.1, 0.15) is 5.82 Å². The van der Waals surface area contributed by atoms with E-state index in [0.717, 1.165) is 52.3 Å². The standard InChI is InChI=1S/C25H29N7O/c1-15-17-5-3-4-6-20(17)28-24(27-15)14-32-10-9-18(23(33)13-32)21-11-22(30-29-21)19-12-26-31(2)25(19)16-7-8-16/h3-6,11-12,16,18,23,33H,7-10,13-14H2,1-2H3,(H,29,30)/t18-,23+/m1/s1. The van der Waals surface area contributed by atoms with Crippen molar-refractivity contribution in [3.8, 4) is 11.3 Å². The number of aryl methyl sites for hydroxylation is 2. The Morgan fingerprint density at radius 2 is 2.00 bits per heavy atom. The largest absolute Gasteiger partial charge is 0.391 e. The van der Waals surface area contributed by atoms with E-state index in [1.165, 1.54) is 18.5 Å². The highest BCUT2D eigenvalue weighted by molar-refractivity contribution is 5.80. The zero-order valence-electron chi connectivity index (χ0n) is 19.1. The van der Waals surface area contributed by atoms with Crippen LogP contribution in [0, 0.1) is 6.92 Å². The minimum Gasteiger partial charge on any atom is -0.391 e. The molecule has 4 aromatic rings. The lowest BCUT2D eigenvalue weighted by atomic mass is 9.90. The summed E-state index contributed by atoms with van der Waals surface area (Å²) in [5.41, 5.74) is 6.28. The third kappa shape index (κ3) is 3.83. The van der Waals surface area contributed by atoms with E-state index in [1.54, 1.807) is 0 Å². The molecule has 8 nitrogen and oxygen atoms in total. The average Bonchev–Trinajstić information content (AvgIpc) is 3.39. The Balaban J connectivity index is 1.16. The molecule has 0 amide bonds. The number of rotatable bonds is 5. The lowest BCUT2D eigenvalue weighted by Crippen LogP contribution is -2.42. The number of aliphatic hydroxyl groups is 1. The molecular weight excluding hydrogens is 414 g/mol. The summed E-state index contributed by atoms with van der Waals surface area (Å²) < 4.78 is 1.98. The quantitative estimate of drug-likeness (QED) is 0.491. The molecule has 1 aromatic carbocycles.